The fourth-order valence-electron chi connectivity index (χ4n) is 2.63. The molecule has 1 atom stereocenters. The lowest BCUT2D eigenvalue weighted by molar-refractivity contribution is 0.585. The Morgan fingerprint density at radius 3 is 2.70 bits per heavy atom. The van der Waals surface area contributed by atoms with Gasteiger partial charge in [-0.15, -0.1) is 0 Å². The molecule has 0 amide bonds. The van der Waals surface area contributed by atoms with Gasteiger partial charge in [0.15, 0.2) is 0 Å². The maximum absolute atomic E-state index is 14.4. The van der Waals surface area contributed by atoms with Crippen LogP contribution in [0.2, 0.25) is 0 Å². The summed E-state index contributed by atoms with van der Waals surface area (Å²) in [4.78, 5) is 0. The molecule has 0 saturated carbocycles. The van der Waals surface area contributed by atoms with Gasteiger partial charge in [-0.2, -0.15) is 0 Å². The van der Waals surface area contributed by atoms with Crippen molar-refractivity contribution in [2.75, 3.05) is 6.54 Å². The molecule has 1 rings (SSSR count). The Bertz CT molecular complexity index is 560. The minimum Gasteiger partial charge on any atom is -0.387 e. The zero-order chi connectivity index (χ0) is 17.4. The van der Waals surface area contributed by atoms with Crippen LogP contribution in [0.5, 0.6) is 0 Å². The second-order valence-corrected chi connectivity index (χ2v) is 6.40. The first-order valence-corrected chi connectivity index (χ1v) is 8.36. The molecule has 126 valence electrons. The predicted molar refractivity (Wildman–Crippen MR) is 99.8 cm³/mol. The van der Waals surface area contributed by atoms with E-state index in [-0.39, 0.29) is 5.83 Å². The molecular formula is C21H30FN. The van der Waals surface area contributed by atoms with E-state index in [0.717, 1.165) is 54.5 Å². The molecule has 1 unspecified atom stereocenters. The summed E-state index contributed by atoms with van der Waals surface area (Å²) in [5, 5.41) is 3.19. The van der Waals surface area contributed by atoms with E-state index in [2.05, 4.69) is 38.1 Å². The molecule has 0 aromatic rings. The highest BCUT2D eigenvalue weighted by Gasteiger charge is 2.21. The minimum absolute atomic E-state index is 0.173. The summed E-state index contributed by atoms with van der Waals surface area (Å²) in [5.41, 5.74) is 4.57. The first-order chi connectivity index (χ1) is 10.9. The molecule has 1 aliphatic carbocycles. The number of nitrogens with one attached hydrogen (secondary N) is 1. The topological polar surface area (TPSA) is 12.0 Å². The van der Waals surface area contributed by atoms with Crippen LogP contribution in [0.4, 0.5) is 4.39 Å². The van der Waals surface area contributed by atoms with Crippen LogP contribution in [0.3, 0.4) is 0 Å². The largest absolute Gasteiger partial charge is 0.387 e. The number of hydrogen-bond donors (Lipinski definition) is 1. The highest BCUT2D eigenvalue weighted by Crippen LogP contribution is 2.37. The van der Waals surface area contributed by atoms with E-state index >= 15 is 0 Å². The summed E-state index contributed by atoms with van der Waals surface area (Å²) in [5.74, 6) is 0.174. The van der Waals surface area contributed by atoms with Crippen molar-refractivity contribution in [1.29, 1.82) is 0 Å². The van der Waals surface area contributed by atoms with Gasteiger partial charge >= 0.3 is 0 Å². The molecule has 0 bridgehead atoms. The Morgan fingerprint density at radius 2 is 2.13 bits per heavy atom. The van der Waals surface area contributed by atoms with Crippen LogP contribution in [0.25, 0.3) is 0 Å². The molecule has 1 aliphatic rings. The second-order valence-electron chi connectivity index (χ2n) is 6.40. The molecule has 0 aromatic carbocycles. The van der Waals surface area contributed by atoms with E-state index in [1.807, 2.05) is 20.0 Å². The van der Waals surface area contributed by atoms with Gasteiger partial charge in [-0.3, -0.25) is 0 Å². The van der Waals surface area contributed by atoms with Crippen LogP contribution in [0.15, 0.2) is 71.8 Å². The summed E-state index contributed by atoms with van der Waals surface area (Å²) in [6, 6.07) is 0. The zero-order valence-electron chi connectivity index (χ0n) is 14.8. The molecule has 0 spiro atoms. The molecule has 23 heavy (non-hydrogen) atoms. The Hall–Kier alpha value is -1.83. The summed E-state index contributed by atoms with van der Waals surface area (Å²) in [6.07, 6.45) is 9.25. The van der Waals surface area contributed by atoms with Gasteiger partial charge in [0.1, 0.15) is 5.83 Å². The molecule has 0 aliphatic heterocycles. The van der Waals surface area contributed by atoms with E-state index in [4.69, 9.17) is 0 Å². The van der Waals surface area contributed by atoms with Gasteiger partial charge in [-0.1, -0.05) is 50.8 Å². The first-order valence-electron chi connectivity index (χ1n) is 8.36. The molecule has 0 heterocycles. The molecule has 2 heteroatoms. The number of hydrogen-bond acceptors (Lipinski definition) is 1. The van der Waals surface area contributed by atoms with Crippen LogP contribution in [-0.2, 0) is 0 Å². The average molecular weight is 315 g/mol. The monoisotopic (exact) mass is 315 g/mol. The Kier molecular flexibility index (Phi) is 7.80. The van der Waals surface area contributed by atoms with Gasteiger partial charge in [0.25, 0.3) is 0 Å². The predicted octanol–water partition coefficient (Wildman–Crippen LogP) is 6.16. The van der Waals surface area contributed by atoms with Crippen molar-refractivity contribution in [2.45, 2.75) is 46.5 Å². The average Bonchev–Trinajstić information content (AvgIpc) is 2.49. The van der Waals surface area contributed by atoms with Gasteiger partial charge in [0.05, 0.1) is 0 Å². The summed E-state index contributed by atoms with van der Waals surface area (Å²) < 4.78 is 14.4. The van der Waals surface area contributed by atoms with Crippen LogP contribution in [0.1, 0.15) is 46.5 Å². The normalized spacial score (nSPS) is 16.5. The lowest BCUT2D eigenvalue weighted by Crippen LogP contribution is -2.09. The number of rotatable bonds is 9. The lowest BCUT2D eigenvalue weighted by Gasteiger charge is -2.23. The maximum atomic E-state index is 14.4. The van der Waals surface area contributed by atoms with Crippen molar-refractivity contribution in [1.82, 2.24) is 5.32 Å². The quantitative estimate of drug-likeness (QED) is 0.502. The van der Waals surface area contributed by atoms with Crippen LogP contribution in [-0.4, -0.2) is 6.54 Å². The Balaban J connectivity index is 2.59. The molecule has 1 N–H and O–H groups in total. The number of halogens is 1. The van der Waals surface area contributed by atoms with E-state index in [1.54, 1.807) is 6.08 Å². The van der Waals surface area contributed by atoms with Crippen molar-refractivity contribution in [3.05, 3.63) is 71.8 Å². The van der Waals surface area contributed by atoms with E-state index in [0.29, 0.717) is 11.5 Å². The van der Waals surface area contributed by atoms with Crippen LogP contribution < -0.4 is 5.32 Å². The van der Waals surface area contributed by atoms with Crippen molar-refractivity contribution in [3.63, 3.8) is 0 Å². The highest BCUT2D eigenvalue weighted by atomic mass is 19.1. The van der Waals surface area contributed by atoms with Gasteiger partial charge in [-0.05, 0) is 61.9 Å². The number of allylic oxidation sites excluding steroid dienone is 7. The fraction of sp³-hybridized carbons (Fsp3) is 0.429. The fourth-order valence-corrected chi connectivity index (χ4v) is 2.63. The van der Waals surface area contributed by atoms with Crippen LogP contribution >= 0.6 is 0 Å². The Morgan fingerprint density at radius 1 is 1.43 bits per heavy atom. The van der Waals surface area contributed by atoms with Crippen molar-refractivity contribution >= 4 is 0 Å². The minimum atomic E-state index is -0.173. The van der Waals surface area contributed by atoms with Gasteiger partial charge in [0.2, 0.25) is 0 Å². The van der Waals surface area contributed by atoms with Crippen molar-refractivity contribution in [2.24, 2.45) is 5.92 Å². The van der Waals surface area contributed by atoms with Gasteiger partial charge in [0, 0.05) is 12.1 Å². The van der Waals surface area contributed by atoms with E-state index < -0.39 is 0 Å². The van der Waals surface area contributed by atoms with Crippen molar-refractivity contribution in [3.8, 4) is 0 Å². The third-order valence-corrected chi connectivity index (χ3v) is 4.14. The summed E-state index contributed by atoms with van der Waals surface area (Å²) in [7, 11) is 0. The maximum Gasteiger partial charge on any atom is 0.130 e. The van der Waals surface area contributed by atoms with E-state index in [9.17, 15) is 4.39 Å². The van der Waals surface area contributed by atoms with Crippen LogP contribution in [0, 0.1) is 5.92 Å². The zero-order valence-corrected chi connectivity index (χ0v) is 14.8. The SMILES string of the molecule is C=C(C)CN/C=C/CCC(C)C1=CC(F)=C(C(=C)CC)C(=C)C1. The summed E-state index contributed by atoms with van der Waals surface area (Å²) >= 11 is 0. The highest BCUT2D eigenvalue weighted by molar-refractivity contribution is 5.53. The molecule has 0 saturated heterocycles. The second kappa shape index (κ2) is 9.34. The lowest BCUT2D eigenvalue weighted by atomic mass is 9.82. The van der Waals surface area contributed by atoms with Crippen molar-refractivity contribution < 1.29 is 4.39 Å². The molecule has 1 nitrogen and oxygen atoms in total. The van der Waals surface area contributed by atoms with Gasteiger partial charge in [-0.25, -0.2) is 4.39 Å². The third-order valence-electron chi connectivity index (χ3n) is 4.14. The molecule has 0 fully saturated rings. The van der Waals surface area contributed by atoms with Gasteiger partial charge < -0.3 is 5.32 Å². The molecular weight excluding hydrogens is 285 g/mol. The smallest absolute Gasteiger partial charge is 0.130 e. The molecule has 0 radical (unpaired) electrons. The standard InChI is InChI=1S/C21H30FN/c1-7-16(4)21-18(6)12-19(13-20(21)22)17(5)10-8-9-11-23-14-15(2)3/h9,11,13,17,23H,2,4,6-8,10,12,14H2,1,3,5H3/b11-9+. The molecule has 0 aromatic heterocycles. The first kappa shape index (κ1) is 19.2. The Labute approximate surface area is 141 Å². The van der Waals surface area contributed by atoms with E-state index in [1.165, 1.54) is 0 Å². The third kappa shape index (κ3) is 6.05. The summed E-state index contributed by atoms with van der Waals surface area (Å²) in [6.45, 7) is 18.8.